The summed E-state index contributed by atoms with van der Waals surface area (Å²) in [5, 5.41) is 4.01. The monoisotopic (exact) mass is 290 g/mol. The number of benzene rings is 1. The third kappa shape index (κ3) is 3.39. The lowest BCUT2D eigenvalue weighted by Crippen LogP contribution is -2.46. The van der Waals surface area contributed by atoms with Gasteiger partial charge in [-0.2, -0.15) is 4.98 Å². The second-order valence-corrected chi connectivity index (χ2v) is 5.22. The lowest BCUT2D eigenvalue weighted by Gasteiger charge is -2.32. The van der Waals surface area contributed by atoms with Crippen LogP contribution in [0.1, 0.15) is 18.3 Å². The second-order valence-electron chi connectivity index (χ2n) is 5.22. The normalized spacial score (nSPS) is 16.4. The van der Waals surface area contributed by atoms with Crippen molar-refractivity contribution in [3.63, 3.8) is 0 Å². The molecule has 0 unspecified atom stereocenters. The van der Waals surface area contributed by atoms with E-state index in [1.807, 2.05) is 0 Å². The molecule has 3 rings (SSSR count). The summed E-state index contributed by atoms with van der Waals surface area (Å²) in [6, 6.07) is 6.96. The zero-order chi connectivity index (χ0) is 14.7. The van der Waals surface area contributed by atoms with Crippen LogP contribution >= 0.6 is 0 Å². The van der Waals surface area contributed by atoms with E-state index in [0.717, 1.165) is 38.3 Å². The van der Waals surface area contributed by atoms with Crippen LogP contribution in [-0.4, -0.2) is 47.8 Å². The van der Waals surface area contributed by atoms with Gasteiger partial charge >= 0.3 is 6.01 Å². The van der Waals surface area contributed by atoms with Gasteiger partial charge in [-0.05, 0) is 24.2 Å². The highest BCUT2D eigenvalue weighted by molar-refractivity contribution is 5.27. The number of likely N-dealkylation sites (N-methyl/N-ethyl adjacent to an activating group) is 1. The first-order valence-electron chi connectivity index (χ1n) is 7.29. The molecule has 1 aromatic heterocycles. The van der Waals surface area contributed by atoms with E-state index in [4.69, 9.17) is 4.52 Å². The summed E-state index contributed by atoms with van der Waals surface area (Å²) < 4.78 is 18.2. The molecule has 1 aliphatic rings. The van der Waals surface area contributed by atoms with Gasteiger partial charge in [0.2, 0.25) is 0 Å². The first kappa shape index (κ1) is 14.0. The van der Waals surface area contributed by atoms with Crippen molar-refractivity contribution < 1.29 is 8.91 Å². The fourth-order valence-electron chi connectivity index (χ4n) is 2.49. The average Bonchev–Trinajstić information content (AvgIpc) is 2.98. The molecule has 0 atom stereocenters. The summed E-state index contributed by atoms with van der Waals surface area (Å²) in [5.41, 5.74) is 0.972. The molecule has 2 heterocycles. The molecule has 0 spiro atoms. The van der Waals surface area contributed by atoms with E-state index >= 15 is 0 Å². The number of hydrogen-bond donors (Lipinski definition) is 0. The summed E-state index contributed by atoms with van der Waals surface area (Å²) in [4.78, 5) is 8.95. The van der Waals surface area contributed by atoms with Gasteiger partial charge in [-0.25, -0.2) is 4.39 Å². The van der Waals surface area contributed by atoms with E-state index in [2.05, 4.69) is 26.9 Å². The van der Waals surface area contributed by atoms with Crippen LogP contribution in [0, 0.1) is 5.82 Å². The predicted octanol–water partition coefficient (Wildman–Crippen LogP) is 1.94. The zero-order valence-electron chi connectivity index (χ0n) is 12.1. The third-order valence-corrected chi connectivity index (χ3v) is 3.82. The molecule has 0 aliphatic carbocycles. The Kier molecular flexibility index (Phi) is 4.15. The van der Waals surface area contributed by atoms with Crippen molar-refractivity contribution in [1.29, 1.82) is 0 Å². The quantitative estimate of drug-likeness (QED) is 0.861. The number of piperazine rings is 1. The molecule has 2 aromatic rings. The molecule has 1 saturated heterocycles. The van der Waals surface area contributed by atoms with Crippen molar-refractivity contribution in [2.45, 2.75) is 13.3 Å². The molecule has 0 bridgehead atoms. The van der Waals surface area contributed by atoms with Crippen molar-refractivity contribution in [1.82, 2.24) is 15.0 Å². The molecule has 0 amide bonds. The smallest absolute Gasteiger partial charge is 0.322 e. The summed E-state index contributed by atoms with van der Waals surface area (Å²) in [7, 11) is 0. The van der Waals surface area contributed by atoms with Gasteiger partial charge in [0.25, 0.3) is 0 Å². The third-order valence-electron chi connectivity index (χ3n) is 3.82. The van der Waals surface area contributed by atoms with Crippen LogP contribution < -0.4 is 4.90 Å². The van der Waals surface area contributed by atoms with Crippen molar-refractivity contribution in [2.24, 2.45) is 0 Å². The first-order chi connectivity index (χ1) is 10.2. The van der Waals surface area contributed by atoms with Crippen LogP contribution in [0.2, 0.25) is 0 Å². The van der Waals surface area contributed by atoms with E-state index in [1.54, 1.807) is 12.1 Å². The SMILES string of the molecule is CCN1CCN(c2nc(Cc3ccc(F)cc3)no2)CC1. The fourth-order valence-corrected chi connectivity index (χ4v) is 2.49. The summed E-state index contributed by atoms with van der Waals surface area (Å²) >= 11 is 0. The van der Waals surface area contributed by atoms with Crippen molar-refractivity contribution in [2.75, 3.05) is 37.6 Å². The largest absolute Gasteiger partial charge is 0.324 e. The van der Waals surface area contributed by atoms with E-state index in [0.29, 0.717) is 18.3 Å². The summed E-state index contributed by atoms with van der Waals surface area (Å²) in [6.45, 7) is 7.10. The highest BCUT2D eigenvalue weighted by atomic mass is 19.1. The Morgan fingerprint density at radius 2 is 1.86 bits per heavy atom. The lowest BCUT2D eigenvalue weighted by atomic mass is 10.1. The number of anilines is 1. The number of halogens is 1. The average molecular weight is 290 g/mol. The minimum atomic E-state index is -0.235. The topological polar surface area (TPSA) is 45.4 Å². The number of hydrogen-bond acceptors (Lipinski definition) is 5. The fraction of sp³-hybridized carbons (Fsp3) is 0.467. The molecule has 21 heavy (non-hydrogen) atoms. The van der Waals surface area contributed by atoms with E-state index in [9.17, 15) is 4.39 Å². The Balaban J connectivity index is 1.62. The van der Waals surface area contributed by atoms with Crippen LogP contribution in [-0.2, 0) is 6.42 Å². The molecule has 5 nitrogen and oxygen atoms in total. The van der Waals surface area contributed by atoms with Gasteiger partial charge in [-0.15, -0.1) is 0 Å². The summed E-state index contributed by atoms with van der Waals surface area (Å²) in [5.74, 6) is 0.399. The van der Waals surface area contributed by atoms with Crippen LogP contribution in [0.4, 0.5) is 10.4 Å². The van der Waals surface area contributed by atoms with Gasteiger partial charge in [-0.1, -0.05) is 24.2 Å². The highest BCUT2D eigenvalue weighted by Gasteiger charge is 2.20. The lowest BCUT2D eigenvalue weighted by molar-refractivity contribution is 0.262. The minimum absolute atomic E-state index is 0.235. The maximum atomic E-state index is 12.9. The first-order valence-corrected chi connectivity index (χ1v) is 7.29. The molecule has 0 saturated carbocycles. The number of nitrogens with zero attached hydrogens (tertiary/aromatic N) is 4. The number of rotatable bonds is 4. The maximum absolute atomic E-state index is 12.9. The molecule has 0 N–H and O–H groups in total. The second kappa shape index (κ2) is 6.22. The predicted molar refractivity (Wildman–Crippen MR) is 77.8 cm³/mol. The van der Waals surface area contributed by atoms with Crippen molar-refractivity contribution in [3.05, 3.63) is 41.5 Å². The highest BCUT2D eigenvalue weighted by Crippen LogP contribution is 2.15. The van der Waals surface area contributed by atoms with E-state index in [-0.39, 0.29) is 5.82 Å². The standard InChI is InChI=1S/C15H19FN4O/c1-2-19-7-9-20(10-8-19)15-17-14(18-21-15)11-12-3-5-13(16)6-4-12/h3-6H,2,7-11H2,1H3. The van der Waals surface area contributed by atoms with Crippen LogP contribution in [0.25, 0.3) is 0 Å². The van der Waals surface area contributed by atoms with Gasteiger partial charge in [0.05, 0.1) is 0 Å². The summed E-state index contributed by atoms with van der Waals surface area (Å²) in [6.07, 6.45) is 0.554. The molecule has 1 fully saturated rings. The van der Waals surface area contributed by atoms with Gasteiger partial charge in [0, 0.05) is 32.6 Å². The van der Waals surface area contributed by atoms with Crippen LogP contribution in [0.5, 0.6) is 0 Å². The van der Waals surface area contributed by atoms with E-state index < -0.39 is 0 Å². The molecule has 1 aromatic carbocycles. The molecule has 6 heteroatoms. The Labute approximate surface area is 123 Å². The number of aromatic nitrogens is 2. The van der Waals surface area contributed by atoms with Crippen LogP contribution in [0.3, 0.4) is 0 Å². The minimum Gasteiger partial charge on any atom is -0.322 e. The molecule has 1 aliphatic heterocycles. The van der Waals surface area contributed by atoms with Gasteiger partial charge in [0.1, 0.15) is 5.82 Å². The van der Waals surface area contributed by atoms with Gasteiger partial charge in [0.15, 0.2) is 5.82 Å². The van der Waals surface area contributed by atoms with Gasteiger partial charge < -0.3 is 14.3 Å². The Bertz CT molecular complexity index is 576. The maximum Gasteiger partial charge on any atom is 0.324 e. The zero-order valence-corrected chi connectivity index (χ0v) is 12.1. The molecule has 0 radical (unpaired) electrons. The Morgan fingerprint density at radius 1 is 1.14 bits per heavy atom. The Hall–Kier alpha value is -1.95. The molecular weight excluding hydrogens is 271 g/mol. The van der Waals surface area contributed by atoms with Crippen molar-refractivity contribution in [3.8, 4) is 0 Å². The Morgan fingerprint density at radius 3 is 2.52 bits per heavy atom. The van der Waals surface area contributed by atoms with E-state index in [1.165, 1.54) is 12.1 Å². The van der Waals surface area contributed by atoms with Crippen molar-refractivity contribution >= 4 is 6.01 Å². The van der Waals surface area contributed by atoms with Crippen LogP contribution in [0.15, 0.2) is 28.8 Å². The molecule has 112 valence electrons. The molecular formula is C15H19FN4O. The van der Waals surface area contributed by atoms with Gasteiger partial charge in [-0.3, -0.25) is 0 Å².